The van der Waals surface area contributed by atoms with Gasteiger partial charge in [0.05, 0.1) is 0 Å². The minimum atomic E-state index is 0.659. The highest BCUT2D eigenvalue weighted by molar-refractivity contribution is 4.94. The molecule has 0 amide bonds. The van der Waals surface area contributed by atoms with Crippen molar-refractivity contribution in [2.24, 2.45) is 11.8 Å². The fraction of sp³-hybridized carbons (Fsp3) is 0.882. The molecule has 0 saturated heterocycles. The van der Waals surface area contributed by atoms with E-state index in [4.69, 9.17) is 0 Å². The molecule has 1 heteroatoms. The lowest BCUT2D eigenvalue weighted by atomic mass is 9.81. The van der Waals surface area contributed by atoms with Crippen molar-refractivity contribution in [3.8, 4) is 0 Å². The van der Waals surface area contributed by atoms with Gasteiger partial charge < -0.3 is 5.32 Å². The first-order valence-electron chi connectivity index (χ1n) is 8.24. The summed E-state index contributed by atoms with van der Waals surface area (Å²) in [5, 5.41) is 3.76. The lowest BCUT2D eigenvalue weighted by Gasteiger charge is -2.27. The molecule has 1 N–H and O–H groups in total. The van der Waals surface area contributed by atoms with Gasteiger partial charge in [0.25, 0.3) is 0 Å². The van der Waals surface area contributed by atoms with E-state index < -0.39 is 0 Å². The molecule has 1 fully saturated rings. The summed E-state index contributed by atoms with van der Waals surface area (Å²) in [5.41, 5.74) is 0. The normalized spacial score (nSPS) is 35.7. The van der Waals surface area contributed by atoms with E-state index in [0.717, 1.165) is 11.8 Å². The van der Waals surface area contributed by atoms with Gasteiger partial charge in [0.2, 0.25) is 0 Å². The molecule has 0 bridgehead atoms. The summed E-state index contributed by atoms with van der Waals surface area (Å²) in [6.45, 7) is 3.66. The van der Waals surface area contributed by atoms with Crippen LogP contribution in [0.2, 0.25) is 0 Å². The van der Waals surface area contributed by atoms with Gasteiger partial charge in [-0.25, -0.2) is 0 Å². The zero-order valence-corrected chi connectivity index (χ0v) is 12.2. The van der Waals surface area contributed by atoms with Gasteiger partial charge in [0, 0.05) is 6.04 Å². The van der Waals surface area contributed by atoms with E-state index in [-0.39, 0.29) is 0 Å². The molecular formula is C17H31N. The van der Waals surface area contributed by atoms with Crippen LogP contribution in [0.4, 0.5) is 0 Å². The third kappa shape index (κ3) is 5.14. The summed E-state index contributed by atoms with van der Waals surface area (Å²) in [6, 6.07) is 0.659. The lowest BCUT2D eigenvalue weighted by Crippen LogP contribution is -2.30. The topological polar surface area (TPSA) is 12.0 Å². The summed E-state index contributed by atoms with van der Waals surface area (Å²) < 4.78 is 0. The Morgan fingerprint density at radius 3 is 2.89 bits per heavy atom. The van der Waals surface area contributed by atoms with E-state index in [9.17, 15) is 0 Å². The van der Waals surface area contributed by atoms with Crippen molar-refractivity contribution in [2.45, 2.75) is 77.2 Å². The third-order valence-corrected chi connectivity index (χ3v) is 4.76. The van der Waals surface area contributed by atoms with E-state index in [2.05, 4.69) is 24.4 Å². The highest BCUT2D eigenvalue weighted by Gasteiger charge is 2.18. The van der Waals surface area contributed by atoms with Crippen molar-refractivity contribution in [1.29, 1.82) is 0 Å². The molecule has 0 aromatic heterocycles. The summed E-state index contributed by atoms with van der Waals surface area (Å²) in [7, 11) is 0. The molecule has 3 atom stereocenters. The highest BCUT2D eigenvalue weighted by atomic mass is 14.9. The Hall–Kier alpha value is -0.300. The maximum atomic E-state index is 3.76. The van der Waals surface area contributed by atoms with Crippen molar-refractivity contribution < 1.29 is 0 Å². The maximum absolute atomic E-state index is 3.76. The summed E-state index contributed by atoms with van der Waals surface area (Å²) in [4.78, 5) is 0. The third-order valence-electron chi connectivity index (χ3n) is 4.76. The second kappa shape index (κ2) is 7.99. The standard InChI is InChI=1S/C17H31N/c1-15-8-7-9-16(14-15)12-13-18-17-10-5-3-2-4-6-11-17/h5,10,15-18H,2-4,6-9,11-14H2,1H3/b10-5+. The predicted octanol–water partition coefficient (Wildman–Crippen LogP) is 4.68. The molecular weight excluding hydrogens is 218 g/mol. The van der Waals surface area contributed by atoms with E-state index >= 15 is 0 Å². The van der Waals surface area contributed by atoms with Gasteiger partial charge in [0.15, 0.2) is 0 Å². The van der Waals surface area contributed by atoms with Gasteiger partial charge in [-0.3, -0.25) is 0 Å². The Morgan fingerprint density at radius 1 is 1.06 bits per heavy atom. The summed E-state index contributed by atoms with van der Waals surface area (Å²) >= 11 is 0. The Kier molecular flexibility index (Phi) is 6.26. The van der Waals surface area contributed by atoms with Gasteiger partial charge >= 0.3 is 0 Å². The van der Waals surface area contributed by atoms with E-state index in [1.165, 1.54) is 70.8 Å². The van der Waals surface area contributed by atoms with E-state index in [1.807, 2.05) is 0 Å². The average molecular weight is 249 g/mol. The number of allylic oxidation sites excluding steroid dienone is 1. The van der Waals surface area contributed by atoms with Crippen molar-refractivity contribution in [3.05, 3.63) is 12.2 Å². The molecule has 1 saturated carbocycles. The Balaban J connectivity index is 1.62. The molecule has 18 heavy (non-hydrogen) atoms. The fourth-order valence-electron chi connectivity index (χ4n) is 3.62. The molecule has 2 aliphatic rings. The first kappa shape index (κ1) is 14.1. The zero-order valence-electron chi connectivity index (χ0n) is 12.2. The Bertz CT molecular complexity index is 246. The van der Waals surface area contributed by atoms with Crippen molar-refractivity contribution in [2.75, 3.05) is 6.54 Å². The first-order chi connectivity index (χ1) is 8.84. The molecule has 0 aromatic carbocycles. The molecule has 2 aliphatic carbocycles. The lowest BCUT2D eigenvalue weighted by molar-refractivity contribution is 0.265. The smallest absolute Gasteiger partial charge is 0.0249 e. The highest BCUT2D eigenvalue weighted by Crippen LogP contribution is 2.30. The van der Waals surface area contributed by atoms with Gasteiger partial charge in [-0.05, 0) is 50.5 Å². The Morgan fingerprint density at radius 2 is 2.00 bits per heavy atom. The van der Waals surface area contributed by atoms with Crippen LogP contribution in [-0.2, 0) is 0 Å². The fourth-order valence-corrected chi connectivity index (χ4v) is 3.62. The van der Waals surface area contributed by atoms with Crippen LogP contribution in [0.25, 0.3) is 0 Å². The first-order valence-corrected chi connectivity index (χ1v) is 8.24. The monoisotopic (exact) mass is 249 g/mol. The summed E-state index contributed by atoms with van der Waals surface area (Å²) in [5.74, 6) is 1.98. The number of nitrogens with one attached hydrogen (secondary N) is 1. The van der Waals surface area contributed by atoms with Crippen LogP contribution in [0.5, 0.6) is 0 Å². The van der Waals surface area contributed by atoms with Crippen molar-refractivity contribution in [1.82, 2.24) is 5.32 Å². The van der Waals surface area contributed by atoms with Crippen LogP contribution in [0.3, 0.4) is 0 Å². The molecule has 104 valence electrons. The molecule has 0 heterocycles. The van der Waals surface area contributed by atoms with Gasteiger partial charge in [-0.2, -0.15) is 0 Å². The van der Waals surface area contributed by atoms with Crippen LogP contribution < -0.4 is 5.32 Å². The molecule has 1 nitrogen and oxygen atoms in total. The number of rotatable bonds is 4. The molecule has 0 aromatic rings. The van der Waals surface area contributed by atoms with Crippen LogP contribution in [0.1, 0.15) is 71.1 Å². The van der Waals surface area contributed by atoms with Gasteiger partial charge in [-0.15, -0.1) is 0 Å². The second-order valence-electron chi connectivity index (χ2n) is 6.55. The van der Waals surface area contributed by atoms with Crippen LogP contribution in [0, 0.1) is 11.8 Å². The SMILES string of the molecule is CC1CCCC(CCNC2/C=C/CCCCC2)C1. The molecule has 3 unspecified atom stereocenters. The molecule has 0 radical (unpaired) electrons. The minimum absolute atomic E-state index is 0.659. The quantitative estimate of drug-likeness (QED) is 0.713. The van der Waals surface area contributed by atoms with Crippen LogP contribution >= 0.6 is 0 Å². The predicted molar refractivity (Wildman–Crippen MR) is 79.8 cm³/mol. The average Bonchev–Trinajstić information content (AvgIpc) is 2.32. The maximum Gasteiger partial charge on any atom is 0.0249 e. The van der Waals surface area contributed by atoms with Crippen LogP contribution in [-0.4, -0.2) is 12.6 Å². The molecule has 2 rings (SSSR count). The largest absolute Gasteiger partial charge is 0.311 e. The number of hydrogen-bond donors (Lipinski definition) is 1. The molecule has 0 spiro atoms. The minimum Gasteiger partial charge on any atom is -0.311 e. The number of hydrogen-bond acceptors (Lipinski definition) is 1. The van der Waals surface area contributed by atoms with E-state index in [0.29, 0.717) is 6.04 Å². The second-order valence-corrected chi connectivity index (χ2v) is 6.55. The van der Waals surface area contributed by atoms with Crippen LogP contribution in [0.15, 0.2) is 12.2 Å². The van der Waals surface area contributed by atoms with Gasteiger partial charge in [-0.1, -0.05) is 51.2 Å². The van der Waals surface area contributed by atoms with Crippen molar-refractivity contribution in [3.63, 3.8) is 0 Å². The summed E-state index contributed by atoms with van der Waals surface area (Å²) in [6.07, 6.45) is 18.9. The molecule has 0 aliphatic heterocycles. The van der Waals surface area contributed by atoms with Crippen molar-refractivity contribution >= 4 is 0 Å². The zero-order chi connectivity index (χ0) is 12.6. The Labute approximate surface area is 113 Å². The van der Waals surface area contributed by atoms with Gasteiger partial charge in [0.1, 0.15) is 0 Å². The van der Waals surface area contributed by atoms with E-state index in [1.54, 1.807) is 0 Å².